The molecule has 130 valence electrons. The first kappa shape index (κ1) is 18.5. The van der Waals surface area contributed by atoms with Gasteiger partial charge in [0.25, 0.3) is 5.69 Å². The maximum Gasteiger partial charge on any atom is 0.416 e. The van der Waals surface area contributed by atoms with Crippen LogP contribution in [-0.4, -0.2) is 11.1 Å². The van der Waals surface area contributed by atoms with Crippen molar-refractivity contribution in [3.63, 3.8) is 0 Å². The summed E-state index contributed by atoms with van der Waals surface area (Å²) < 4.78 is 38.0. The Balaban J connectivity index is 2.09. The van der Waals surface area contributed by atoms with Gasteiger partial charge in [0.1, 0.15) is 0 Å². The van der Waals surface area contributed by atoms with Gasteiger partial charge in [-0.3, -0.25) is 15.5 Å². The molecule has 0 saturated carbocycles. The van der Waals surface area contributed by atoms with Crippen LogP contribution < -0.4 is 5.43 Å². The second kappa shape index (κ2) is 7.80. The molecule has 9 heteroatoms. The van der Waals surface area contributed by atoms with E-state index in [9.17, 15) is 23.3 Å². The maximum atomic E-state index is 12.7. The topological polar surface area (TPSA) is 67.5 Å². The van der Waals surface area contributed by atoms with Gasteiger partial charge < -0.3 is 0 Å². The molecule has 0 fully saturated rings. The van der Waals surface area contributed by atoms with Gasteiger partial charge in [-0.05, 0) is 36.4 Å². The number of hydrogen-bond acceptors (Lipinski definition) is 4. The number of benzene rings is 2. The largest absolute Gasteiger partial charge is 0.416 e. The second-order valence-electron chi connectivity index (χ2n) is 4.76. The Morgan fingerprint density at radius 1 is 1.20 bits per heavy atom. The number of nitrogens with zero attached hydrogens (tertiary/aromatic N) is 2. The molecule has 2 aromatic carbocycles. The minimum absolute atomic E-state index is 0.00756. The number of hydrazone groups is 1. The van der Waals surface area contributed by atoms with E-state index >= 15 is 0 Å². The van der Waals surface area contributed by atoms with Crippen molar-refractivity contribution in [2.45, 2.75) is 6.18 Å². The van der Waals surface area contributed by atoms with Gasteiger partial charge in [-0.1, -0.05) is 23.7 Å². The summed E-state index contributed by atoms with van der Waals surface area (Å²) in [5.74, 6) is 0. The highest BCUT2D eigenvalue weighted by atomic mass is 35.5. The van der Waals surface area contributed by atoms with Gasteiger partial charge in [-0.2, -0.15) is 18.3 Å². The molecule has 2 rings (SSSR count). The summed E-state index contributed by atoms with van der Waals surface area (Å²) in [7, 11) is 0. The van der Waals surface area contributed by atoms with Crippen LogP contribution in [0.3, 0.4) is 0 Å². The number of para-hydroxylation sites is 1. The van der Waals surface area contributed by atoms with Gasteiger partial charge in [0.2, 0.25) is 0 Å². The van der Waals surface area contributed by atoms with E-state index in [4.69, 9.17) is 11.6 Å². The van der Waals surface area contributed by atoms with E-state index in [0.717, 1.165) is 18.2 Å². The Morgan fingerprint density at radius 2 is 1.92 bits per heavy atom. The molecular weight excluding hydrogens is 359 g/mol. The number of halogens is 4. The summed E-state index contributed by atoms with van der Waals surface area (Å²) >= 11 is 5.81. The number of nitro benzene ring substituents is 1. The van der Waals surface area contributed by atoms with Gasteiger partial charge in [-0.25, -0.2) is 0 Å². The molecule has 0 atom stereocenters. The van der Waals surface area contributed by atoms with E-state index in [-0.39, 0.29) is 16.4 Å². The van der Waals surface area contributed by atoms with E-state index in [1.165, 1.54) is 24.4 Å². The molecule has 0 aromatic heterocycles. The third-order valence-corrected chi connectivity index (χ3v) is 3.38. The zero-order chi connectivity index (χ0) is 18.4. The second-order valence-corrected chi connectivity index (χ2v) is 5.16. The molecule has 0 spiro atoms. The van der Waals surface area contributed by atoms with Crippen molar-refractivity contribution >= 4 is 35.3 Å². The Hall–Kier alpha value is -2.87. The highest BCUT2D eigenvalue weighted by Crippen LogP contribution is 2.33. The van der Waals surface area contributed by atoms with Crippen molar-refractivity contribution in [1.29, 1.82) is 0 Å². The summed E-state index contributed by atoms with van der Waals surface area (Å²) in [4.78, 5) is 10.3. The number of rotatable bonds is 5. The summed E-state index contributed by atoms with van der Waals surface area (Å²) in [5, 5.41) is 14.7. The SMILES string of the molecule is O=[N+]([O-])c1ccccc1/C=C/C=N\Nc1cc(C(F)(F)F)ccc1Cl. The Morgan fingerprint density at radius 3 is 2.60 bits per heavy atom. The van der Waals surface area contributed by atoms with Gasteiger partial charge in [0.15, 0.2) is 0 Å². The molecule has 0 aliphatic rings. The van der Waals surface area contributed by atoms with Crippen LogP contribution in [0.15, 0.2) is 53.6 Å². The molecule has 0 aliphatic carbocycles. The lowest BCUT2D eigenvalue weighted by molar-refractivity contribution is -0.385. The molecule has 0 heterocycles. The number of nitro groups is 1. The van der Waals surface area contributed by atoms with E-state index in [1.54, 1.807) is 18.2 Å². The van der Waals surface area contributed by atoms with Crippen LogP contribution >= 0.6 is 11.6 Å². The van der Waals surface area contributed by atoms with Crippen molar-refractivity contribution in [3.05, 3.63) is 74.8 Å². The smallest absolute Gasteiger partial charge is 0.277 e. The fraction of sp³-hybridized carbons (Fsp3) is 0.0625. The number of hydrogen-bond donors (Lipinski definition) is 1. The number of allylic oxidation sites excluding steroid dienone is 1. The molecule has 0 unspecified atom stereocenters. The predicted molar refractivity (Wildman–Crippen MR) is 90.7 cm³/mol. The Bertz CT molecular complexity index is 836. The van der Waals surface area contributed by atoms with Gasteiger partial charge in [-0.15, -0.1) is 0 Å². The van der Waals surface area contributed by atoms with Crippen molar-refractivity contribution in [1.82, 2.24) is 0 Å². The quantitative estimate of drug-likeness (QED) is 0.437. The fourth-order valence-electron chi connectivity index (χ4n) is 1.88. The van der Waals surface area contributed by atoms with E-state index < -0.39 is 16.7 Å². The van der Waals surface area contributed by atoms with E-state index in [0.29, 0.717) is 5.56 Å². The molecule has 1 N–H and O–H groups in total. The molecule has 5 nitrogen and oxygen atoms in total. The fourth-order valence-corrected chi connectivity index (χ4v) is 2.04. The molecule has 0 aliphatic heterocycles. The Kier molecular flexibility index (Phi) is 5.76. The van der Waals surface area contributed by atoms with E-state index in [2.05, 4.69) is 10.5 Å². The van der Waals surface area contributed by atoms with Crippen LogP contribution in [0.1, 0.15) is 11.1 Å². The molecular formula is C16H11ClF3N3O2. The first-order valence-corrected chi connectivity index (χ1v) is 7.23. The van der Waals surface area contributed by atoms with Crippen molar-refractivity contribution < 1.29 is 18.1 Å². The average Bonchev–Trinajstić information content (AvgIpc) is 2.55. The number of alkyl halides is 3. The molecule has 2 aromatic rings. The highest BCUT2D eigenvalue weighted by molar-refractivity contribution is 6.33. The lowest BCUT2D eigenvalue weighted by Gasteiger charge is -2.09. The van der Waals surface area contributed by atoms with Gasteiger partial charge in [0, 0.05) is 12.3 Å². The summed E-state index contributed by atoms with van der Waals surface area (Å²) in [6, 6.07) is 8.92. The van der Waals surface area contributed by atoms with Crippen molar-refractivity contribution in [3.8, 4) is 0 Å². The van der Waals surface area contributed by atoms with Crippen LogP contribution in [-0.2, 0) is 6.18 Å². The lowest BCUT2D eigenvalue weighted by atomic mass is 10.1. The van der Waals surface area contributed by atoms with Crippen LogP contribution in [0.5, 0.6) is 0 Å². The lowest BCUT2D eigenvalue weighted by Crippen LogP contribution is -2.05. The molecule has 0 radical (unpaired) electrons. The third-order valence-electron chi connectivity index (χ3n) is 3.05. The average molecular weight is 370 g/mol. The van der Waals surface area contributed by atoms with Gasteiger partial charge in [0.05, 0.1) is 26.8 Å². The minimum atomic E-state index is -4.49. The summed E-state index contributed by atoms with van der Waals surface area (Å²) in [6.45, 7) is 0. The van der Waals surface area contributed by atoms with E-state index in [1.807, 2.05) is 0 Å². The first-order valence-electron chi connectivity index (χ1n) is 6.85. The van der Waals surface area contributed by atoms with Crippen LogP contribution in [0.25, 0.3) is 6.08 Å². The third kappa shape index (κ3) is 5.05. The Labute approximate surface area is 145 Å². The first-order chi connectivity index (χ1) is 11.8. The van der Waals surface area contributed by atoms with Crippen LogP contribution in [0.4, 0.5) is 24.5 Å². The van der Waals surface area contributed by atoms with Crippen LogP contribution in [0, 0.1) is 10.1 Å². The highest BCUT2D eigenvalue weighted by Gasteiger charge is 2.30. The minimum Gasteiger partial charge on any atom is -0.277 e. The molecule has 25 heavy (non-hydrogen) atoms. The summed E-state index contributed by atoms with van der Waals surface area (Å²) in [5.41, 5.74) is 1.84. The molecule has 0 bridgehead atoms. The maximum absolute atomic E-state index is 12.7. The monoisotopic (exact) mass is 369 g/mol. The van der Waals surface area contributed by atoms with Crippen LogP contribution in [0.2, 0.25) is 5.02 Å². The standard InChI is InChI=1S/C16H11ClF3N3O2/c17-13-8-7-12(16(18,19)20)10-14(13)22-21-9-3-5-11-4-1-2-6-15(11)23(24)25/h1-10,22H/b5-3+,21-9-. The zero-order valence-corrected chi connectivity index (χ0v) is 13.3. The summed E-state index contributed by atoms with van der Waals surface area (Å²) in [6.07, 6.45) is -0.377. The predicted octanol–water partition coefficient (Wildman–Crippen LogP) is 5.38. The van der Waals surface area contributed by atoms with Gasteiger partial charge >= 0.3 is 6.18 Å². The van der Waals surface area contributed by atoms with Crippen molar-refractivity contribution in [2.24, 2.45) is 5.10 Å². The normalized spacial score (nSPS) is 12.0. The number of nitrogens with one attached hydrogen (secondary N) is 1. The number of anilines is 1. The molecule has 0 amide bonds. The van der Waals surface area contributed by atoms with Crippen molar-refractivity contribution in [2.75, 3.05) is 5.43 Å². The zero-order valence-electron chi connectivity index (χ0n) is 12.5. The molecule has 0 saturated heterocycles.